The van der Waals surface area contributed by atoms with Crippen LogP contribution in [0.5, 0.6) is 0 Å². The van der Waals surface area contributed by atoms with Crippen LogP contribution in [0.2, 0.25) is 0 Å². The second-order valence-electron chi connectivity index (χ2n) is 3.92. The van der Waals surface area contributed by atoms with Gasteiger partial charge in [0.2, 0.25) is 17.8 Å². The SMILES string of the molecule is Nc1nc(Nc2ccc(I)cc2)nc(-n2ccnc2)n1. The van der Waals surface area contributed by atoms with Gasteiger partial charge in [-0.25, -0.2) is 4.98 Å². The third-order valence-electron chi connectivity index (χ3n) is 2.48. The van der Waals surface area contributed by atoms with E-state index in [1.807, 2.05) is 24.3 Å². The van der Waals surface area contributed by atoms with Crippen LogP contribution in [0.1, 0.15) is 0 Å². The predicted molar refractivity (Wildman–Crippen MR) is 83.8 cm³/mol. The molecule has 3 aromatic rings. The van der Waals surface area contributed by atoms with Crippen LogP contribution in [0.25, 0.3) is 5.95 Å². The van der Waals surface area contributed by atoms with Crippen molar-refractivity contribution in [3.63, 3.8) is 0 Å². The maximum atomic E-state index is 5.71. The Hall–Kier alpha value is -2.23. The predicted octanol–water partition coefficient (Wildman–Crippen LogP) is 1.99. The normalized spacial score (nSPS) is 10.4. The van der Waals surface area contributed by atoms with Gasteiger partial charge >= 0.3 is 0 Å². The van der Waals surface area contributed by atoms with E-state index in [2.05, 4.69) is 47.8 Å². The zero-order valence-electron chi connectivity index (χ0n) is 10.2. The van der Waals surface area contributed by atoms with Gasteiger partial charge in [0.25, 0.3) is 0 Å². The molecule has 3 rings (SSSR count). The van der Waals surface area contributed by atoms with Gasteiger partial charge in [0.05, 0.1) is 0 Å². The van der Waals surface area contributed by atoms with Crippen LogP contribution in [0.3, 0.4) is 0 Å². The van der Waals surface area contributed by atoms with Gasteiger partial charge in [-0.3, -0.25) is 4.57 Å². The van der Waals surface area contributed by atoms with Gasteiger partial charge in [0.15, 0.2) is 0 Å². The summed E-state index contributed by atoms with van der Waals surface area (Å²) >= 11 is 2.25. The lowest BCUT2D eigenvalue weighted by Gasteiger charge is -2.07. The summed E-state index contributed by atoms with van der Waals surface area (Å²) in [6, 6.07) is 7.87. The summed E-state index contributed by atoms with van der Waals surface area (Å²) in [5.41, 5.74) is 6.59. The van der Waals surface area contributed by atoms with Gasteiger partial charge in [-0.05, 0) is 46.9 Å². The van der Waals surface area contributed by atoms with Crippen molar-refractivity contribution in [2.75, 3.05) is 11.1 Å². The Morgan fingerprint density at radius 3 is 2.60 bits per heavy atom. The molecule has 2 heterocycles. The molecule has 0 aliphatic heterocycles. The summed E-state index contributed by atoms with van der Waals surface area (Å²) in [5, 5.41) is 3.10. The van der Waals surface area contributed by atoms with Crippen molar-refractivity contribution in [3.8, 4) is 5.95 Å². The number of nitrogens with two attached hydrogens (primary N) is 1. The molecule has 0 aliphatic carbocycles. The number of rotatable bonds is 3. The highest BCUT2D eigenvalue weighted by molar-refractivity contribution is 14.1. The molecule has 20 heavy (non-hydrogen) atoms. The third-order valence-corrected chi connectivity index (χ3v) is 3.20. The van der Waals surface area contributed by atoms with Crippen molar-refractivity contribution < 1.29 is 0 Å². The molecule has 0 atom stereocenters. The Morgan fingerprint density at radius 2 is 1.90 bits per heavy atom. The van der Waals surface area contributed by atoms with Crippen LogP contribution in [-0.4, -0.2) is 24.5 Å². The molecule has 0 aliphatic rings. The van der Waals surface area contributed by atoms with Crippen molar-refractivity contribution in [2.45, 2.75) is 0 Å². The Kier molecular flexibility index (Phi) is 3.46. The molecular formula is C12H10IN7. The maximum Gasteiger partial charge on any atom is 0.241 e. The van der Waals surface area contributed by atoms with E-state index in [0.717, 1.165) is 9.26 Å². The molecule has 0 bridgehead atoms. The van der Waals surface area contributed by atoms with E-state index >= 15 is 0 Å². The zero-order valence-corrected chi connectivity index (χ0v) is 12.4. The van der Waals surface area contributed by atoms with Crippen LogP contribution >= 0.6 is 22.6 Å². The van der Waals surface area contributed by atoms with Crippen molar-refractivity contribution in [2.24, 2.45) is 0 Å². The molecule has 8 heteroatoms. The van der Waals surface area contributed by atoms with Crippen LogP contribution in [-0.2, 0) is 0 Å². The molecule has 0 spiro atoms. The lowest BCUT2D eigenvalue weighted by molar-refractivity contribution is 0.906. The fourth-order valence-electron chi connectivity index (χ4n) is 1.59. The van der Waals surface area contributed by atoms with E-state index < -0.39 is 0 Å². The number of anilines is 3. The topological polar surface area (TPSA) is 94.5 Å². The van der Waals surface area contributed by atoms with Crippen molar-refractivity contribution in [3.05, 3.63) is 46.6 Å². The van der Waals surface area contributed by atoms with Crippen LogP contribution in [0.4, 0.5) is 17.6 Å². The molecule has 0 fully saturated rings. The van der Waals surface area contributed by atoms with E-state index in [0.29, 0.717) is 11.9 Å². The van der Waals surface area contributed by atoms with E-state index in [1.54, 1.807) is 23.3 Å². The summed E-state index contributed by atoms with van der Waals surface area (Å²) in [7, 11) is 0. The van der Waals surface area contributed by atoms with E-state index in [1.165, 1.54) is 0 Å². The molecule has 0 radical (unpaired) electrons. The van der Waals surface area contributed by atoms with Gasteiger partial charge in [0.1, 0.15) is 6.33 Å². The standard InChI is InChI=1S/C12H10IN7/c13-8-1-3-9(4-2-8)16-11-17-10(14)18-12(19-11)20-6-5-15-7-20/h1-7H,(H3,14,16,17,18,19). The summed E-state index contributed by atoms with van der Waals surface area (Å²) < 4.78 is 2.82. The van der Waals surface area contributed by atoms with E-state index in [-0.39, 0.29) is 5.95 Å². The fraction of sp³-hybridized carbons (Fsp3) is 0. The quantitative estimate of drug-likeness (QED) is 0.676. The van der Waals surface area contributed by atoms with Crippen LogP contribution in [0.15, 0.2) is 43.0 Å². The maximum absolute atomic E-state index is 5.71. The molecular weight excluding hydrogens is 369 g/mol. The summed E-state index contributed by atoms with van der Waals surface area (Å²) in [6.07, 6.45) is 4.99. The Morgan fingerprint density at radius 1 is 1.10 bits per heavy atom. The van der Waals surface area contributed by atoms with Gasteiger partial charge in [0, 0.05) is 21.7 Å². The number of benzene rings is 1. The van der Waals surface area contributed by atoms with E-state index in [9.17, 15) is 0 Å². The Balaban J connectivity index is 1.92. The molecule has 100 valence electrons. The number of halogens is 1. The molecule has 0 saturated heterocycles. The molecule has 1 aromatic carbocycles. The van der Waals surface area contributed by atoms with Crippen molar-refractivity contribution in [1.29, 1.82) is 0 Å². The van der Waals surface area contributed by atoms with Gasteiger partial charge in [-0.15, -0.1) is 0 Å². The largest absolute Gasteiger partial charge is 0.368 e. The number of hydrogen-bond donors (Lipinski definition) is 2. The van der Waals surface area contributed by atoms with Crippen LogP contribution in [0, 0.1) is 3.57 Å². The minimum atomic E-state index is 0.150. The minimum Gasteiger partial charge on any atom is -0.368 e. The minimum absolute atomic E-state index is 0.150. The van der Waals surface area contributed by atoms with Crippen molar-refractivity contribution >= 4 is 40.2 Å². The second-order valence-corrected chi connectivity index (χ2v) is 5.16. The Labute approximate surface area is 128 Å². The summed E-state index contributed by atoms with van der Waals surface area (Å²) in [5.74, 6) is 0.960. The lowest BCUT2D eigenvalue weighted by atomic mass is 10.3. The summed E-state index contributed by atoms with van der Waals surface area (Å²) in [6.45, 7) is 0. The van der Waals surface area contributed by atoms with Gasteiger partial charge in [-0.2, -0.15) is 15.0 Å². The number of nitrogens with one attached hydrogen (secondary N) is 1. The van der Waals surface area contributed by atoms with Crippen molar-refractivity contribution in [1.82, 2.24) is 24.5 Å². The molecule has 3 N–H and O–H groups in total. The second kappa shape index (κ2) is 5.41. The fourth-order valence-corrected chi connectivity index (χ4v) is 1.95. The van der Waals surface area contributed by atoms with Crippen LogP contribution < -0.4 is 11.1 Å². The molecule has 0 unspecified atom stereocenters. The molecule has 0 amide bonds. The number of imidazole rings is 1. The average molecular weight is 379 g/mol. The molecule has 7 nitrogen and oxygen atoms in total. The number of hydrogen-bond acceptors (Lipinski definition) is 6. The number of nitrogen functional groups attached to an aromatic ring is 1. The highest BCUT2D eigenvalue weighted by atomic mass is 127. The summed E-state index contributed by atoms with van der Waals surface area (Å²) in [4.78, 5) is 16.4. The van der Waals surface area contributed by atoms with E-state index in [4.69, 9.17) is 5.73 Å². The Bertz CT molecular complexity index is 709. The zero-order chi connectivity index (χ0) is 13.9. The highest BCUT2D eigenvalue weighted by Crippen LogP contribution is 2.16. The molecule has 2 aromatic heterocycles. The first-order valence-electron chi connectivity index (χ1n) is 5.73. The average Bonchev–Trinajstić information content (AvgIpc) is 2.95. The lowest BCUT2D eigenvalue weighted by Crippen LogP contribution is -2.08. The van der Waals surface area contributed by atoms with Gasteiger partial charge in [-0.1, -0.05) is 0 Å². The first-order chi connectivity index (χ1) is 9.70. The third kappa shape index (κ3) is 2.85. The highest BCUT2D eigenvalue weighted by Gasteiger charge is 2.06. The molecule has 0 saturated carbocycles. The first-order valence-corrected chi connectivity index (χ1v) is 6.81. The number of nitrogens with zero attached hydrogens (tertiary/aromatic N) is 5. The number of aromatic nitrogens is 5. The first kappa shape index (κ1) is 12.8. The van der Waals surface area contributed by atoms with Gasteiger partial charge < -0.3 is 11.1 Å². The monoisotopic (exact) mass is 379 g/mol. The smallest absolute Gasteiger partial charge is 0.241 e.